The number of hydrogen-bond acceptors (Lipinski definition) is 4. The van der Waals surface area contributed by atoms with E-state index in [9.17, 15) is 14.9 Å². The summed E-state index contributed by atoms with van der Waals surface area (Å²) in [6, 6.07) is 8.23. The van der Waals surface area contributed by atoms with Crippen LogP contribution in [0, 0.1) is 23.2 Å². The molecule has 28 heavy (non-hydrogen) atoms. The Morgan fingerprint density at radius 3 is 2.07 bits per heavy atom. The Morgan fingerprint density at radius 2 is 1.61 bits per heavy atom. The lowest BCUT2D eigenvalue weighted by Crippen LogP contribution is -2.58. The number of nitrogens with zero attached hydrogens (tertiary/aromatic N) is 3. The zero-order valence-electron chi connectivity index (χ0n) is 17.0. The molecule has 2 amide bonds. The van der Waals surface area contributed by atoms with Crippen molar-refractivity contribution in [1.82, 2.24) is 15.1 Å². The number of nitrogens with one attached hydrogen (secondary N) is 1. The number of hydrogen-bond donors (Lipinski definition) is 1. The van der Waals surface area contributed by atoms with Crippen LogP contribution in [0.1, 0.15) is 38.1 Å². The first-order valence-electron chi connectivity index (χ1n) is 9.73. The second kappa shape index (κ2) is 9.90. The lowest BCUT2D eigenvalue weighted by atomic mass is 10.0. The van der Waals surface area contributed by atoms with Gasteiger partial charge in [-0.25, -0.2) is 0 Å². The van der Waals surface area contributed by atoms with Gasteiger partial charge in [0.25, 0.3) is 5.91 Å². The van der Waals surface area contributed by atoms with E-state index in [0.717, 1.165) is 0 Å². The first kappa shape index (κ1) is 22.2. The number of carbonyl (C=O) groups excluding carboxylic acids is 2. The molecule has 7 heteroatoms. The minimum atomic E-state index is -0.591. The fraction of sp³-hybridized carbons (Fsp3) is 0.571. The highest BCUT2D eigenvalue weighted by Gasteiger charge is 2.33. The summed E-state index contributed by atoms with van der Waals surface area (Å²) in [5.41, 5.74) is 0.474. The molecule has 1 heterocycles. The van der Waals surface area contributed by atoms with Crippen LogP contribution < -0.4 is 5.32 Å². The van der Waals surface area contributed by atoms with Gasteiger partial charge in [-0.2, -0.15) is 5.26 Å². The maximum Gasteiger partial charge on any atom is 0.251 e. The minimum Gasteiger partial charge on any atom is -0.340 e. The van der Waals surface area contributed by atoms with Crippen molar-refractivity contribution in [3.8, 4) is 6.07 Å². The Balaban J connectivity index is 2.01. The zero-order valence-corrected chi connectivity index (χ0v) is 17.7. The van der Waals surface area contributed by atoms with E-state index in [4.69, 9.17) is 11.6 Å². The maximum absolute atomic E-state index is 13.0. The molecule has 152 valence electrons. The third kappa shape index (κ3) is 5.46. The first-order valence-corrected chi connectivity index (χ1v) is 10.1. The number of rotatable bonds is 6. The van der Waals surface area contributed by atoms with Gasteiger partial charge < -0.3 is 10.2 Å². The molecule has 1 aromatic carbocycles. The van der Waals surface area contributed by atoms with E-state index in [1.807, 2.05) is 27.7 Å². The Hall–Kier alpha value is -2.10. The highest BCUT2D eigenvalue weighted by atomic mass is 35.5. The molecule has 0 aliphatic carbocycles. The SMILES string of the molecule is CC(C)C(NC(=O)c1ccc(Cl)cc1)C(=O)N1CCN(C(C#N)C(C)C)CC1. The second-order valence-corrected chi connectivity index (χ2v) is 8.32. The van der Waals surface area contributed by atoms with E-state index in [-0.39, 0.29) is 29.7 Å². The van der Waals surface area contributed by atoms with Crippen molar-refractivity contribution in [2.45, 2.75) is 39.8 Å². The molecule has 1 N–H and O–H groups in total. The molecule has 6 nitrogen and oxygen atoms in total. The summed E-state index contributed by atoms with van der Waals surface area (Å²) in [5.74, 6) is -0.152. The smallest absolute Gasteiger partial charge is 0.251 e. The number of carbonyl (C=O) groups is 2. The maximum atomic E-state index is 13.0. The van der Waals surface area contributed by atoms with Crippen molar-refractivity contribution in [3.05, 3.63) is 34.9 Å². The van der Waals surface area contributed by atoms with Gasteiger partial charge >= 0.3 is 0 Å². The van der Waals surface area contributed by atoms with E-state index >= 15 is 0 Å². The van der Waals surface area contributed by atoms with Crippen molar-refractivity contribution in [3.63, 3.8) is 0 Å². The molecule has 2 rings (SSSR count). The van der Waals surface area contributed by atoms with Crippen LogP contribution >= 0.6 is 11.6 Å². The Morgan fingerprint density at radius 1 is 1.04 bits per heavy atom. The minimum absolute atomic E-state index is 0.0377. The number of amides is 2. The van der Waals surface area contributed by atoms with Crippen LogP contribution in [0.3, 0.4) is 0 Å². The molecule has 0 aromatic heterocycles. The molecule has 0 saturated carbocycles. The van der Waals surface area contributed by atoms with Gasteiger partial charge in [-0.3, -0.25) is 14.5 Å². The van der Waals surface area contributed by atoms with Crippen LogP contribution in [0.4, 0.5) is 0 Å². The molecule has 1 aliphatic heterocycles. The molecule has 2 unspecified atom stereocenters. The highest BCUT2D eigenvalue weighted by molar-refractivity contribution is 6.30. The van der Waals surface area contributed by atoms with E-state index in [1.165, 1.54) is 0 Å². The van der Waals surface area contributed by atoms with Crippen LogP contribution in [0.5, 0.6) is 0 Å². The van der Waals surface area contributed by atoms with Gasteiger partial charge in [-0.1, -0.05) is 39.3 Å². The van der Waals surface area contributed by atoms with Crippen LogP contribution in [-0.2, 0) is 4.79 Å². The number of benzene rings is 1. The predicted octanol–water partition coefficient (Wildman–Crippen LogP) is 2.79. The number of piperazine rings is 1. The van der Waals surface area contributed by atoms with E-state index in [1.54, 1.807) is 29.2 Å². The molecule has 0 radical (unpaired) electrons. The molecule has 0 spiro atoms. The molecule has 1 fully saturated rings. The largest absolute Gasteiger partial charge is 0.340 e. The Kier molecular flexibility index (Phi) is 7.85. The molecule has 1 saturated heterocycles. The molecular weight excluding hydrogens is 376 g/mol. The van der Waals surface area contributed by atoms with Crippen molar-refractivity contribution >= 4 is 23.4 Å². The third-order valence-electron chi connectivity index (χ3n) is 5.11. The predicted molar refractivity (Wildman–Crippen MR) is 110 cm³/mol. The normalized spacial score (nSPS) is 17.3. The summed E-state index contributed by atoms with van der Waals surface area (Å²) < 4.78 is 0. The summed E-state index contributed by atoms with van der Waals surface area (Å²) in [7, 11) is 0. The summed E-state index contributed by atoms with van der Waals surface area (Å²) in [6.45, 7) is 10.4. The Bertz CT molecular complexity index is 719. The molecule has 2 atom stereocenters. The van der Waals surface area contributed by atoms with E-state index < -0.39 is 6.04 Å². The lowest BCUT2D eigenvalue weighted by Gasteiger charge is -2.39. The standard InChI is InChI=1S/C21H29ClN4O2/c1-14(2)18(13-23)25-9-11-26(12-10-25)21(28)19(15(3)4)24-20(27)16-5-7-17(22)8-6-16/h5-8,14-15,18-19H,9-12H2,1-4H3,(H,24,27). The quantitative estimate of drug-likeness (QED) is 0.790. The highest BCUT2D eigenvalue weighted by Crippen LogP contribution is 2.16. The summed E-state index contributed by atoms with van der Waals surface area (Å²) >= 11 is 5.87. The van der Waals surface area contributed by atoms with Crippen molar-refractivity contribution in [1.29, 1.82) is 5.26 Å². The fourth-order valence-electron chi connectivity index (χ4n) is 3.41. The average Bonchev–Trinajstić information content (AvgIpc) is 2.66. The fourth-order valence-corrected chi connectivity index (χ4v) is 3.53. The topological polar surface area (TPSA) is 76.4 Å². The molecule has 1 aromatic rings. The van der Waals surface area contributed by atoms with Crippen molar-refractivity contribution < 1.29 is 9.59 Å². The second-order valence-electron chi connectivity index (χ2n) is 7.88. The number of nitriles is 1. The monoisotopic (exact) mass is 404 g/mol. The van der Waals surface area contributed by atoms with Gasteiger partial charge in [-0.15, -0.1) is 0 Å². The van der Waals surface area contributed by atoms with Crippen molar-refractivity contribution in [2.24, 2.45) is 11.8 Å². The van der Waals surface area contributed by atoms with Gasteiger partial charge in [-0.05, 0) is 36.1 Å². The summed E-state index contributed by atoms with van der Waals surface area (Å²) in [6.07, 6.45) is 0. The molecule has 0 bridgehead atoms. The average molecular weight is 405 g/mol. The van der Waals surface area contributed by atoms with E-state index in [2.05, 4.69) is 16.3 Å². The lowest BCUT2D eigenvalue weighted by molar-refractivity contribution is -0.136. The van der Waals surface area contributed by atoms with Crippen LogP contribution in [0.2, 0.25) is 5.02 Å². The summed E-state index contributed by atoms with van der Waals surface area (Å²) in [5, 5.41) is 12.8. The van der Waals surface area contributed by atoms with Gasteiger partial charge in [0.15, 0.2) is 0 Å². The van der Waals surface area contributed by atoms with Gasteiger partial charge in [0.1, 0.15) is 12.1 Å². The Labute approximate surface area is 172 Å². The zero-order chi connectivity index (χ0) is 20.8. The summed E-state index contributed by atoms with van der Waals surface area (Å²) in [4.78, 5) is 29.5. The van der Waals surface area contributed by atoms with Crippen molar-refractivity contribution in [2.75, 3.05) is 26.2 Å². The van der Waals surface area contributed by atoms with Gasteiger partial charge in [0.05, 0.1) is 6.07 Å². The van der Waals surface area contributed by atoms with Crippen LogP contribution in [0.15, 0.2) is 24.3 Å². The van der Waals surface area contributed by atoms with Gasteiger partial charge in [0, 0.05) is 36.8 Å². The molecule has 1 aliphatic rings. The van der Waals surface area contributed by atoms with Crippen LogP contribution in [-0.4, -0.2) is 59.9 Å². The number of halogens is 1. The third-order valence-corrected chi connectivity index (χ3v) is 5.36. The van der Waals surface area contributed by atoms with Crippen LogP contribution in [0.25, 0.3) is 0 Å². The molecular formula is C21H29ClN4O2. The van der Waals surface area contributed by atoms with E-state index in [0.29, 0.717) is 36.8 Å². The van der Waals surface area contributed by atoms with Gasteiger partial charge in [0.2, 0.25) is 5.91 Å². The first-order chi connectivity index (χ1) is 13.2.